The first-order valence-electron chi connectivity index (χ1n) is 14.0. The Balaban J connectivity index is 1.40. The predicted octanol–water partition coefficient (Wildman–Crippen LogP) is 5.44. The van der Waals surface area contributed by atoms with Crippen LogP contribution in [0, 0.1) is 12.7 Å². The number of carbonyl (C=O) groups is 2. The average Bonchev–Trinajstić information content (AvgIpc) is 3.41. The molecule has 2 aliphatic heterocycles. The maximum atomic E-state index is 13.5. The molecule has 5 rings (SSSR count). The highest BCUT2D eigenvalue weighted by Gasteiger charge is 2.33. The van der Waals surface area contributed by atoms with Gasteiger partial charge in [-0.05, 0) is 56.5 Å². The van der Waals surface area contributed by atoms with Gasteiger partial charge in [0.25, 0.3) is 5.91 Å². The van der Waals surface area contributed by atoms with Crippen LogP contribution >= 0.6 is 0 Å². The number of aliphatic imine (C=N–C) groups is 1. The van der Waals surface area contributed by atoms with Gasteiger partial charge in [0.2, 0.25) is 5.88 Å². The average molecular weight is 577 g/mol. The topological polar surface area (TPSA) is 112 Å². The molecule has 0 spiro atoms. The van der Waals surface area contributed by atoms with Gasteiger partial charge < -0.3 is 23.8 Å². The second-order valence-electron chi connectivity index (χ2n) is 10.1. The normalized spacial score (nSPS) is 16.4. The smallest absolute Gasteiger partial charge is 0.381 e. The van der Waals surface area contributed by atoms with Crippen molar-refractivity contribution >= 4 is 23.8 Å². The first-order valence-corrected chi connectivity index (χ1v) is 14.0. The van der Waals surface area contributed by atoms with Crippen molar-refractivity contribution in [2.75, 3.05) is 20.3 Å². The molecule has 11 heteroatoms. The van der Waals surface area contributed by atoms with E-state index in [1.165, 1.54) is 25.3 Å². The number of esters is 1. The number of ether oxygens (including phenoxy) is 4. The number of halogens is 1. The molecular formula is C31H33FN4O6. The summed E-state index contributed by atoms with van der Waals surface area (Å²) >= 11 is 0. The van der Waals surface area contributed by atoms with E-state index in [0.29, 0.717) is 41.3 Å². The fourth-order valence-electron chi connectivity index (χ4n) is 4.92. The lowest BCUT2D eigenvalue weighted by atomic mass is 10.1. The summed E-state index contributed by atoms with van der Waals surface area (Å²) in [4.78, 5) is 41.7. The van der Waals surface area contributed by atoms with Gasteiger partial charge in [-0.1, -0.05) is 19.8 Å². The maximum Gasteiger partial charge on any atom is 0.381 e. The van der Waals surface area contributed by atoms with Crippen LogP contribution < -0.4 is 14.2 Å². The Morgan fingerprint density at radius 3 is 2.69 bits per heavy atom. The van der Waals surface area contributed by atoms with Gasteiger partial charge in [-0.3, -0.25) is 9.79 Å². The van der Waals surface area contributed by atoms with Crippen LogP contribution in [0.5, 0.6) is 17.4 Å². The van der Waals surface area contributed by atoms with E-state index in [9.17, 15) is 14.0 Å². The molecule has 1 unspecified atom stereocenters. The number of amides is 1. The van der Waals surface area contributed by atoms with Gasteiger partial charge in [-0.2, -0.15) is 4.98 Å². The number of benzene rings is 2. The molecule has 3 aromatic rings. The Hall–Kier alpha value is -4.38. The molecule has 2 aliphatic rings. The number of nitrogens with zero attached hydrogens (tertiary/aromatic N) is 4. The molecule has 2 aromatic carbocycles. The zero-order chi connectivity index (χ0) is 29.6. The fourth-order valence-corrected chi connectivity index (χ4v) is 4.92. The third-order valence-electron chi connectivity index (χ3n) is 7.06. The quantitative estimate of drug-likeness (QED) is 0.128. The summed E-state index contributed by atoms with van der Waals surface area (Å²) in [6.45, 7) is 4.65. The third kappa shape index (κ3) is 6.57. The van der Waals surface area contributed by atoms with Crippen LogP contribution in [0.2, 0.25) is 0 Å². The monoisotopic (exact) mass is 576 g/mol. The molecule has 1 fully saturated rings. The van der Waals surface area contributed by atoms with Gasteiger partial charge in [-0.25, -0.2) is 14.2 Å². The van der Waals surface area contributed by atoms with Crippen molar-refractivity contribution in [2.24, 2.45) is 4.99 Å². The van der Waals surface area contributed by atoms with Crippen LogP contribution in [0.25, 0.3) is 11.3 Å². The molecular weight excluding hydrogens is 543 g/mol. The van der Waals surface area contributed by atoms with Crippen molar-refractivity contribution in [3.63, 3.8) is 0 Å². The number of carbonyl (C=O) groups excluding carboxylic acids is 2. The third-order valence-corrected chi connectivity index (χ3v) is 7.06. The Bertz CT molecular complexity index is 1480. The predicted molar refractivity (Wildman–Crippen MR) is 153 cm³/mol. The molecule has 42 heavy (non-hydrogen) atoms. The minimum absolute atomic E-state index is 0.0627. The molecule has 0 aliphatic carbocycles. The molecule has 1 amide bonds. The Kier molecular flexibility index (Phi) is 9.06. The first-order chi connectivity index (χ1) is 20.4. The molecule has 0 bridgehead atoms. The lowest BCUT2D eigenvalue weighted by Gasteiger charge is -2.21. The number of fused-ring (bicyclic) bond motifs is 2. The van der Waals surface area contributed by atoms with Crippen LogP contribution in [0.15, 0.2) is 47.5 Å². The van der Waals surface area contributed by atoms with Gasteiger partial charge in [0.1, 0.15) is 11.6 Å². The van der Waals surface area contributed by atoms with Crippen LogP contribution in [0.3, 0.4) is 0 Å². The highest BCUT2D eigenvalue weighted by atomic mass is 19.1. The molecule has 2 atom stereocenters. The largest absolute Gasteiger partial charge is 0.493 e. The number of hydrogen-bond donors (Lipinski definition) is 0. The van der Waals surface area contributed by atoms with E-state index < -0.39 is 12.3 Å². The van der Waals surface area contributed by atoms with E-state index in [4.69, 9.17) is 18.9 Å². The van der Waals surface area contributed by atoms with Gasteiger partial charge in [0.05, 0.1) is 36.7 Å². The molecule has 0 N–H and O–H groups in total. The lowest BCUT2D eigenvalue weighted by Crippen LogP contribution is -2.35. The maximum absolute atomic E-state index is 13.5. The van der Waals surface area contributed by atoms with Crippen molar-refractivity contribution < 1.29 is 32.9 Å². The van der Waals surface area contributed by atoms with Crippen molar-refractivity contribution in [2.45, 2.75) is 58.3 Å². The first kappa shape index (κ1) is 29.1. The van der Waals surface area contributed by atoms with Crippen molar-refractivity contribution in [3.05, 3.63) is 59.7 Å². The van der Waals surface area contributed by atoms with Crippen molar-refractivity contribution in [1.82, 2.24) is 14.9 Å². The highest BCUT2D eigenvalue weighted by Crippen LogP contribution is 2.38. The summed E-state index contributed by atoms with van der Waals surface area (Å²) in [5.74, 6) is -0.599. The number of unbranched alkanes of at least 4 members (excludes halogenated alkanes) is 2. The summed E-state index contributed by atoms with van der Waals surface area (Å²) in [5.41, 5.74) is 1.90. The van der Waals surface area contributed by atoms with E-state index in [1.807, 2.05) is 0 Å². The Labute approximate surface area is 243 Å². The molecule has 220 valence electrons. The second kappa shape index (κ2) is 13.1. The number of aryl methyl sites for hydroxylation is 1. The van der Waals surface area contributed by atoms with Gasteiger partial charge >= 0.3 is 12.3 Å². The van der Waals surface area contributed by atoms with Crippen LogP contribution in [0.4, 0.5) is 10.1 Å². The van der Waals surface area contributed by atoms with Crippen LogP contribution in [0.1, 0.15) is 55.2 Å². The molecule has 1 aromatic heterocycles. The summed E-state index contributed by atoms with van der Waals surface area (Å²) in [6, 6.07) is 10.4. The van der Waals surface area contributed by atoms with Crippen LogP contribution in [-0.2, 0) is 9.53 Å². The SMILES string of the molecule is CCCCCOC(Oc1cc(-c2ccc(F)cc2)nc(C)n1)C(=O)Oc1cc2c(cc1OC)C(=O)N1CCC[C@H]1C=N2. The van der Waals surface area contributed by atoms with Crippen molar-refractivity contribution in [1.29, 1.82) is 0 Å². The van der Waals surface area contributed by atoms with Crippen LogP contribution in [-0.4, -0.2) is 65.6 Å². The van der Waals surface area contributed by atoms with Gasteiger partial charge in [-0.15, -0.1) is 0 Å². The number of aromatic nitrogens is 2. The van der Waals surface area contributed by atoms with E-state index in [2.05, 4.69) is 21.9 Å². The van der Waals surface area contributed by atoms with Gasteiger partial charge in [0, 0.05) is 30.5 Å². The minimum atomic E-state index is -1.46. The molecule has 1 saturated heterocycles. The second-order valence-corrected chi connectivity index (χ2v) is 10.1. The summed E-state index contributed by atoms with van der Waals surface area (Å²) in [5, 5.41) is 0. The Morgan fingerprint density at radius 1 is 1.12 bits per heavy atom. The van der Waals surface area contributed by atoms with E-state index in [0.717, 1.165) is 25.7 Å². The van der Waals surface area contributed by atoms with E-state index in [-0.39, 0.29) is 41.8 Å². The molecule has 3 heterocycles. The fraction of sp³-hybridized carbons (Fsp3) is 0.387. The lowest BCUT2D eigenvalue weighted by molar-refractivity contribution is -0.168. The number of rotatable bonds is 11. The minimum Gasteiger partial charge on any atom is -0.493 e. The van der Waals surface area contributed by atoms with Gasteiger partial charge in [0.15, 0.2) is 11.5 Å². The zero-order valence-electron chi connectivity index (χ0n) is 23.8. The summed E-state index contributed by atoms with van der Waals surface area (Å²) in [6.07, 6.45) is 4.65. The van der Waals surface area contributed by atoms with E-state index in [1.54, 1.807) is 42.3 Å². The number of methoxy groups -OCH3 is 1. The standard InChI is InChI=1S/C31H33FN4O6/c1-4-5-6-14-40-31(42-28-17-24(34-19(2)35-28)20-9-11-21(32)12-10-20)30(38)41-27-16-25-23(15-26(27)39-3)29(37)36-13-7-8-22(36)18-33-25/h9-12,15-18,22,31H,4-8,13-14H2,1-3H3/t22-,31?/m0/s1. The zero-order valence-corrected chi connectivity index (χ0v) is 23.8. The van der Waals surface area contributed by atoms with Crippen molar-refractivity contribution in [3.8, 4) is 28.6 Å². The summed E-state index contributed by atoms with van der Waals surface area (Å²) < 4.78 is 36.4. The molecule has 0 radical (unpaired) electrons. The summed E-state index contributed by atoms with van der Waals surface area (Å²) in [7, 11) is 1.43. The van der Waals surface area contributed by atoms with E-state index >= 15 is 0 Å². The molecule has 10 nitrogen and oxygen atoms in total. The Morgan fingerprint density at radius 2 is 1.93 bits per heavy atom. The highest BCUT2D eigenvalue weighted by molar-refractivity contribution is 6.03. The number of hydrogen-bond acceptors (Lipinski definition) is 9. The molecule has 0 saturated carbocycles.